The molecule has 1 heterocycles. The molecular weight excluding hydrogens is 300 g/mol. The number of nitriles is 1. The van der Waals surface area contributed by atoms with E-state index >= 15 is 0 Å². The molecule has 1 aromatic carbocycles. The monoisotopic (exact) mass is 318 g/mol. The van der Waals surface area contributed by atoms with Gasteiger partial charge >= 0.3 is 0 Å². The Kier molecular flexibility index (Phi) is 5.45. The molecular formula is C16H18N2O3S. The number of rotatable bonds is 6. The lowest BCUT2D eigenvalue weighted by molar-refractivity contribution is -0.125. The first-order valence-corrected chi connectivity index (χ1v) is 8.26. The molecule has 0 radical (unpaired) electrons. The van der Waals surface area contributed by atoms with Gasteiger partial charge in [-0.25, -0.2) is 0 Å². The lowest BCUT2D eigenvalue weighted by Gasteiger charge is -2.30. The van der Waals surface area contributed by atoms with Crippen molar-refractivity contribution in [2.24, 2.45) is 0 Å². The number of amides is 1. The third kappa shape index (κ3) is 3.60. The number of anilines is 1. The number of ether oxygens (including phenoxy) is 1. The topological polar surface area (TPSA) is 70.4 Å². The second-order valence-corrected chi connectivity index (χ2v) is 6.18. The molecule has 5 nitrogen and oxygen atoms in total. The van der Waals surface area contributed by atoms with Crippen molar-refractivity contribution in [2.75, 3.05) is 23.5 Å². The van der Waals surface area contributed by atoms with E-state index in [2.05, 4.69) is 6.07 Å². The summed E-state index contributed by atoms with van der Waals surface area (Å²) in [5.41, 5.74) is 1.20. The lowest BCUT2D eigenvalue weighted by atomic mass is 10.1. The van der Waals surface area contributed by atoms with Gasteiger partial charge in [0.1, 0.15) is 5.75 Å². The van der Waals surface area contributed by atoms with E-state index in [4.69, 9.17) is 10.00 Å². The number of likely N-dealkylation sites (N-methyl/N-ethyl adjacent to an activating group) is 1. The normalized spacial score (nSPS) is 16.7. The van der Waals surface area contributed by atoms with Crippen LogP contribution >= 0.6 is 11.8 Å². The zero-order chi connectivity index (χ0) is 16.1. The van der Waals surface area contributed by atoms with Crippen LogP contribution in [0.1, 0.15) is 30.1 Å². The fourth-order valence-corrected chi connectivity index (χ4v) is 3.03. The third-order valence-corrected chi connectivity index (χ3v) is 4.48. The van der Waals surface area contributed by atoms with Crippen LogP contribution in [0.15, 0.2) is 18.2 Å². The molecule has 0 spiro atoms. The number of carbonyl (C=O) groups excluding carboxylic acids is 2. The number of unbranched alkanes of at least 4 members (excludes halogenated alkanes) is 1. The van der Waals surface area contributed by atoms with Crippen LogP contribution in [-0.2, 0) is 4.79 Å². The van der Waals surface area contributed by atoms with Crippen molar-refractivity contribution in [1.82, 2.24) is 0 Å². The van der Waals surface area contributed by atoms with Gasteiger partial charge in [-0.1, -0.05) is 0 Å². The highest BCUT2D eigenvalue weighted by Gasteiger charge is 2.29. The number of benzene rings is 1. The zero-order valence-electron chi connectivity index (χ0n) is 12.7. The minimum Gasteiger partial charge on any atom is -0.479 e. The second-order valence-electron chi connectivity index (χ2n) is 5.08. The van der Waals surface area contributed by atoms with Crippen LogP contribution in [0.5, 0.6) is 5.75 Å². The first-order chi connectivity index (χ1) is 10.5. The Bertz CT molecular complexity index is 624. The summed E-state index contributed by atoms with van der Waals surface area (Å²) in [6, 6.07) is 7.26. The van der Waals surface area contributed by atoms with Crippen molar-refractivity contribution in [3.8, 4) is 11.8 Å². The predicted octanol–water partition coefficient (Wildman–Crippen LogP) is 2.65. The van der Waals surface area contributed by atoms with Crippen molar-refractivity contribution in [2.45, 2.75) is 25.9 Å². The van der Waals surface area contributed by atoms with E-state index < -0.39 is 6.10 Å². The Morgan fingerprint density at radius 1 is 1.50 bits per heavy atom. The van der Waals surface area contributed by atoms with Crippen molar-refractivity contribution in [3.63, 3.8) is 0 Å². The highest BCUT2D eigenvalue weighted by atomic mass is 32.2. The molecule has 0 saturated heterocycles. The average Bonchev–Trinajstić information content (AvgIpc) is 2.52. The maximum atomic E-state index is 12.2. The smallest absolute Gasteiger partial charge is 0.267 e. The first kappa shape index (κ1) is 16.4. The summed E-state index contributed by atoms with van der Waals surface area (Å²) in [6.45, 7) is 1.71. The van der Waals surface area contributed by atoms with Gasteiger partial charge in [0.15, 0.2) is 11.9 Å². The van der Waals surface area contributed by atoms with E-state index in [0.717, 1.165) is 12.2 Å². The quantitative estimate of drug-likeness (QED) is 0.595. The van der Waals surface area contributed by atoms with Crippen LogP contribution < -0.4 is 9.64 Å². The number of hydrogen-bond donors (Lipinski definition) is 0. The number of carbonyl (C=O) groups is 2. The average molecular weight is 318 g/mol. The van der Waals surface area contributed by atoms with Crippen LogP contribution in [-0.4, -0.2) is 36.3 Å². The molecule has 1 aliphatic heterocycles. The van der Waals surface area contributed by atoms with E-state index in [1.54, 1.807) is 32.2 Å². The molecule has 6 heteroatoms. The summed E-state index contributed by atoms with van der Waals surface area (Å²) in [6.07, 6.45) is 0.805. The number of Topliss-reactive ketones (excluding diaryl/α,β-unsaturated/α-hetero) is 1. The Morgan fingerprint density at radius 3 is 3.00 bits per heavy atom. The van der Waals surface area contributed by atoms with E-state index in [-0.39, 0.29) is 11.7 Å². The SMILES string of the molecule is CC1Oc2ccc(C(=O)CSCCCC#N)cc2N(C)C1=O. The summed E-state index contributed by atoms with van der Waals surface area (Å²) >= 11 is 1.52. The van der Waals surface area contributed by atoms with Crippen LogP contribution in [0.3, 0.4) is 0 Å². The Balaban J connectivity index is 2.03. The summed E-state index contributed by atoms with van der Waals surface area (Å²) in [5, 5.41) is 8.46. The van der Waals surface area contributed by atoms with Gasteiger partial charge in [-0.05, 0) is 37.3 Å². The van der Waals surface area contributed by atoms with Gasteiger partial charge in [0.05, 0.1) is 17.5 Å². The van der Waals surface area contributed by atoms with E-state index in [1.807, 2.05) is 0 Å². The van der Waals surface area contributed by atoms with Crippen LogP contribution in [0, 0.1) is 11.3 Å². The summed E-state index contributed by atoms with van der Waals surface area (Å²) in [7, 11) is 1.69. The standard InChI is InChI=1S/C16H18N2O3S/c1-11-16(20)18(2)13-9-12(5-6-15(13)21-11)14(19)10-22-8-4-3-7-17/h5-6,9,11H,3-4,8,10H2,1-2H3. The van der Waals surface area contributed by atoms with Gasteiger partial charge < -0.3 is 9.64 Å². The number of hydrogen-bond acceptors (Lipinski definition) is 5. The number of ketones is 1. The van der Waals surface area contributed by atoms with Crippen LogP contribution in [0.2, 0.25) is 0 Å². The molecule has 1 aromatic rings. The molecule has 116 valence electrons. The van der Waals surface area contributed by atoms with Gasteiger partial charge in [-0.3, -0.25) is 9.59 Å². The fraction of sp³-hybridized carbons (Fsp3) is 0.438. The maximum Gasteiger partial charge on any atom is 0.267 e. The fourth-order valence-electron chi connectivity index (χ4n) is 2.19. The van der Waals surface area contributed by atoms with Gasteiger partial charge in [-0.2, -0.15) is 17.0 Å². The molecule has 0 N–H and O–H groups in total. The molecule has 2 rings (SSSR count). The highest BCUT2D eigenvalue weighted by Crippen LogP contribution is 2.34. The molecule has 0 bridgehead atoms. The molecule has 0 aromatic heterocycles. The third-order valence-electron chi connectivity index (χ3n) is 3.43. The van der Waals surface area contributed by atoms with E-state index in [9.17, 15) is 9.59 Å². The largest absolute Gasteiger partial charge is 0.479 e. The molecule has 1 atom stereocenters. The molecule has 0 saturated carbocycles. The van der Waals surface area contributed by atoms with Crippen molar-refractivity contribution < 1.29 is 14.3 Å². The van der Waals surface area contributed by atoms with Gasteiger partial charge in [0, 0.05) is 19.0 Å². The zero-order valence-corrected chi connectivity index (χ0v) is 13.5. The Labute approximate surface area is 134 Å². The Morgan fingerprint density at radius 2 is 2.27 bits per heavy atom. The van der Waals surface area contributed by atoms with Crippen LogP contribution in [0.4, 0.5) is 5.69 Å². The summed E-state index contributed by atoms with van der Waals surface area (Å²) in [4.78, 5) is 25.6. The highest BCUT2D eigenvalue weighted by molar-refractivity contribution is 7.99. The number of nitrogens with zero attached hydrogens (tertiary/aromatic N) is 2. The summed E-state index contributed by atoms with van der Waals surface area (Å²) in [5.74, 6) is 1.68. The van der Waals surface area contributed by atoms with E-state index in [1.165, 1.54) is 16.7 Å². The lowest BCUT2D eigenvalue weighted by Crippen LogP contribution is -2.42. The maximum absolute atomic E-state index is 12.2. The molecule has 0 aliphatic carbocycles. The van der Waals surface area contributed by atoms with Crippen molar-refractivity contribution >= 4 is 29.1 Å². The van der Waals surface area contributed by atoms with Crippen molar-refractivity contribution in [1.29, 1.82) is 5.26 Å². The minimum absolute atomic E-state index is 0.0178. The molecule has 1 aliphatic rings. The molecule has 1 amide bonds. The van der Waals surface area contributed by atoms with Gasteiger partial charge in [0.25, 0.3) is 5.91 Å². The molecule has 0 fully saturated rings. The molecule has 22 heavy (non-hydrogen) atoms. The van der Waals surface area contributed by atoms with Gasteiger partial charge in [0.2, 0.25) is 0 Å². The minimum atomic E-state index is -0.505. The second kappa shape index (κ2) is 7.32. The van der Waals surface area contributed by atoms with Crippen LogP contribution in [0.25, 0.3) is 0 Å². The number of fused-ring (bicyclic) bond motifs is 1. The Hall–Kier alpha value is -2.00. The number of thioether (sulfide) groups is 1. The van der Waals surface area contributed by atoms with Gasteiger partial charge in [-0.15, -0.1) is 0 Å². The van der Waals surface area contributed by atoms with E-state index in [0.29, 0.717) is 29.2 Å². The first-order valence-electron chi connectivity index (χ1n) is 7.10. The predicted molar refractivity (Wildman–Crippen MR) is 86.4 cm³/mol. The molecule has 1 unspecified atom stereocenters. The van der Waals surface area contributed by atoms with Crippen molar-refractivity contribution in [3.05, 3.63) is 23.8 Å². The summed E-state index contributed by atoms with van der Waals surface area (Å²) < 4.78 is 5.54.